The Labute approximate surface area is 165 Å². The third kappa shape index (κ3) is 4.57. The molecule has 10 nitrogen and oxygen atoms in total. The molecule has 0 fully saturated rings. The normalized spacial score (nSPS) is 11.0. The predicted octanol–water partition coefficient (Wildman–Crippen LogP) is 4.80. The number of nitro benzene ring substituents is 2. The van der Waals surface area contributed by atoms with Crippen molar-refractivity contribution in [1.29, 1.82) is 0 Å². The fraction of sp³-hybridized carbons (Fsp3) is 0.0588. The summed E-state index contributed by atoms with van der Waals surface area (Å²) in [7, 11) is 0. The third-order valence-corrected chi connectivity index (χ3v) is 3.78. The number of nitrogens with one attached hydrogen (secondary N) is 2. The number of alkyl halides is 3. The molecule has 154 valence electrons. The smallest absolute Gasteiger partial charge is 0.334 e. The zero-order valence-corrected chi connectivity index (χ0v) is 14.8. The Morgan fingerprint density at radius 2 is 1.57 bits per heavy atom. The summed E-state index contributed by atoms with van der Waals surface area (Å²) in [6.45, 7) is 0. The topological polar surface area (TPSA) is 136 Å². The van der Waals surface area contributed by atoms with Crippen LogP contribution in [0, 0.1) is 20.2 Å². The molecule has 0 unspecified atom stereocenters. The summed E-state index contributed by atoms with van der Waals surface area (Å²) < 4.78 is 40.1. The third-order valence-electron chi connectivity index (χ3n) is 3.78. The van der Waals surface area contributed by atoms with Crippen molar-refractivity contribution in [2.24, 2.45) is 0 Å². The first-order valence-corrected chi connectivity index (χ1v) is 8.11. The molecule has 1 aromatic heterocycles. The number of nitrogens with zero attached hydrogens (tertiary/aromatic N) is 4. The molecule has 0 bridgehead atoms. The van der Waals surface area contributed by atoms with E-state index in [4.69, 9.17) is 0 Å². The molecule has 0 saturated carbocycles. The van der Waals surface area contributed by atoms with Gasteiger partial charge in [-0.3, -0.25) is 20.2 Å². The number of benzene rings is 2. The first-order chi connectivity index (χ1) is 14.1. The van der Waals surface area contributed by atoms with E-state index >= 15 is 0 Å². The highest BCUT2D eigenvalue weighted by Crippen LogP contribution is 2.37. The van der Waals surface area contributed by atoms with Gasteiger partial charge in [0.15, 0.2) is 0 Å². The fourth-order valence-electron chi connectivity index (χ4n) is 2.41. The summed E-state index contributed by atoms with van der Waals surface area (Å²) >= 11 is 0. The molecule has 3 rings (SSSR count). The highest BCUT2D eigenvalue weighted by atomic mass is 19.4. The number of non-ortho nitro benzene ring substituents is 1. The lowest BCUT2D eigenvalue weighted by Crippen LogP contribution is -2.13. The van der Waals surface area contributed by atoms with E-state index in [1.807, 2.05) is 0 Å². The van der Waals surface area contributed by atoms with Crippen LogP contribution in [0.3, 0.4) is 0 Å². The van der Waals surface area contributed by atoms with E-state index < -0.39 is 33.1 Å². The number of rotatable bonds is 6. The van der Waals surface area contributed by atoms with Gasteiger partial charge < -0.3 is 10.6 Å². The summed E-state index contributed by atoms with van der Waals surface area (Å²) in [6, 6.07) is 10.2. The maximum Gasteiger partial charge on any atom is 0.421 e. The van der Waals surface area contributed by atoms with E-state index in [0.29, 0.717) is 6.20 Å². The number of anilines is 4. The zero-order chi connectivity index (χ0) is 21.9. The summed E-state index contributed by atoms with van der Waals surface area (Å²) in [6.07, 6.45) is -4.30. The lowest BCUT2D eigenvalue weighted by molar-refractivity contribution is -0.384. The monoisotopic (exact) mass is 420 g/mol. The second-order valence-electron chi connectivity index (χ2n) is 5.78. The molecule has 0 saturated heterocycles. The predicted molar refractivity (Wildman–Crippen MR) is 99.8 cm³/mol. The molecular weight excluding hydrogens is 409 g/mol. The van der Waals surface area contributed by atoms with E-state index in [1.165, 1.54) is 42.5 Å². The minimum Gasteiger partial charge on any atom is -0.334 e. The molecule has 0 radical (unpaired) electrons. The molecule has 0 aliphatic heterocycles. The van der Waals surface area contributed by atoms with Gasteiger partial charge in [0, 0.05) is 30.1 Å². The van der Waals surface area contributed by atoms with Crippen molar-refractivity contribution in [2.45, 2.75) is 6.18 Å². The number of aromatic nitrogens is 2. The molecule has 0 atom stereocenters. The van der Waals surface area contributed by atoms with Crippen LogP contribution in [0.15, 0.2) is 54.7 Å². The van der Waals surface area contributed by atoms with E-state index in [0.717, 1.165) is 6.07 Å². The van der Waals surface area contributed by atoms with Crippen LogP contribution in [0.1, 0.15) is 5.56 Å². The SMILES string of the molecule is O=[N+]([O-])c1ccc(Nc2ncc(C(F)(F)F)c(Nc3ccccc3[N+](=O)[O-])n2)cc1. The minimum absolute atomic E-state index is 0.173. The van der Waals surface area contributed by atoms with Crippen molar-refractivity contribution in [1.82, 2.24) is 9.97 Å². The standard InChI is InChI=1S/C17H11F3N6O4/c18-17(19,20)12-9-21-16(22-10-5-7-11(8-6-10)25(27)28)24-15(12)23-13-3-1-2-4-14(13)26(29)30/h1-9H,(H2,21,22,23,24). The number of nitro groups is 2. The van der Waals surface area contributed by atoms with Gasteiger partial charge in [-0.2, -0.15) is 18.2 Å². The van der Waals surface area contributed by atoms with Crippen LogP contribution in [0.5, 0.6) is 0 Å². The lowest BCUT2D eigenvalue weighted by Gasteiger charge is -2.15. The van der Waals surface area contributed by atoms with Crippen molar-refractivity contribution in [3.8, 4) is 0 Å². The highest BCUT2D eigenvalue weighted by Gasteiger charge is 2.36. The molecule has 13 heteroatoms. The first-order valence-electron chi connectivity index (χ1n) is 8.11. The van der Waals surface area contributed by atoms with Gasteiger partial charge in [-0.05, 0) is 18.2 Å². The molecule has 0 spiro atoms. The maximum absolute atomic E-state index is 13.4. The van der Waals surface area contributed by atoms with Gasteiger partial charge in [0.1, 0.15) is 17.1 Å². The van der Waals surface area contributed by atoms with Crippen molar-refractivity contribution in [3.63, 3.8) is 0 Å². The Morgan fingerprint density at radius 1 is 0.900 bits per heavy atom. The van der Waals surface area contributed by atoms with Crippen LogP contribution in [0.4, 0.5) is 47.7 Å². The zero-order valence-electron chi connectivity index (χ0n) is 14.8. The Kier molecular flexibility index (Phi) is 5.44. The summed E-state index contributed by atoms with van der Waals surface area (Å²) in [5.74, 6) is -0.950. The van der Waals surface area contributed by atoms with Gasteiger partial charge in [-0.15, -0.1) is 0 Å². The van der Waals surface area contributed by atoms with E-state index in [9.17, 15) is 33.4 Å². The van der Waals surface area contributed by atoms with Crippen LogP contribution in [0.25, 0.3) is 0 Å². The van der Waals surface area contributed by atoms with Gasteiger partial charge in [-0.25, -0.2) is 4.98 Å². The van der Waals surface area contributed by atoms with Gasteiger partial charge in [-0.1, -0.05) is 12.1 Å². The molecular formula is C17H11F3N6O4. The molecule has 0 amide bonds. The van der Waals surface area contributed by atoms with Gasteiger partial charge in [0.2, 0.25) is 5.95 Å². The molecule has 2 aromatic carbocycles. The Hall–Kier alpha value is -4.29. The Balaban J connectivity index is 1.97. The van der Waals surface area contributed by atoms with Crippen LogP contribution >= 0.6 is 0 Å². The second kappa shape index (κ2) is 7.98. The fourth-order valence-corrected chi connectivity index (χ4v) is 2.41. The number of hydrogen-bond acceptors (Lipinski definition) is 8. The first kappa shape index (κ1) is 20.4. The van der Waals surface area contributed by atoms with Gasteiger partial charge in [0.05, 0.1) is 9.85 Å². The van der Waals surface area contributed by atoms with Crippen molar-refractivity contribution in [3.05, 3.63) is 80.5 Å². The van der Waals surface area contributed by atoms with E-state index in [2.05, 4.69) is 20.6 Å². The minimum atomic E-state index is -4.82. The van der Waals surface area contributed by atoms with Crippen molar-refractivity contribution in [2.75, 3.05) is 10.6 Å². The van der Waals surface area contributed by atoms with Crippen molar-refractivity contribution < 1.29 is 23.0 Å². The van der Waals surface area contributed by atoms with Crippen LogP contribution < -0.4 is 10.6 Å². The molecule has 0 aliphatic rings. The Morgan fingerprint density at radius 3 is 2.17 bits per heavy atom. The van der Waals surface area contributed by atoms with E-state index in [1.54, 1.807) is 0 Å². The summed E-state index contributed by atoms with van der Waals surface area (Å²) in [5, 5.41) is 26.8. The molecule has 0 aliphatic carbocycles. The second-order valence-corrected chi connectivity index (χ2v) is 5.78. The largest absolute Gasteiger partial charge is 0.421 e. The summed E-state index contributed by atoms with van der Waals surface area (Å²) in [4.78, 5) is 27.9. The highest BCUT2D eigenvalue weighted by molar-refractivity contribution is 5.70. The van der Waals surface area contributed by atoms with E-state index in [-0.39, 0.29) is 23.0 Å². The average molecular weight is 420 g/mol. The van der Waals surface area contributed by atoms with Gasteiger partial charge in [0.25, 0.3) is 11.4 Å². The molecule has 3 aromatic rings. The Bertz CT molecular complexity index is 1110. The average Bonchev–Trinajstić information content (AvgIpc) is 2.68. The molecule has 1 heterocycles. The number of halogens is 3. The maximum atomic E-state index is 13.4. The molecule has 30 heavy (non-hydrogen) atoms. The van der Waals surface area contributed by atoms with Crippen LogP contribution in [-0.2, 0) is 6.18 Å². The quantitative estimate of drug-likeness (QED) is 0.429. The number of hydrogen-bond donors (Lipinski definition) is 2. The lowest BCUT2D eigenvalue weighted by atomic mass is 10.2. The van der Waals surface area contributed by atoms with Crippen LogP contribution in [0.2, 0.25) is 0 Å². The summed E-state index contributed by atoms with van der Waals surface area (Å²) in [5.41, 5.74) is -1.73. The van der Waals surface area contributed by atoms with Gasteiger partial charge >= 0.3 is 6.18 Å². The number of para-hydroxylation sites is 2. The van der Waals surface area contributed by atoms with Crippen LogP contribution in [-0.4, -0.2) is 19.8 Å². The van der Waals surface area contributed by atoms with Crippen molar-refractivity contribution >= 4 is 34.5 Å². The molecule has 2 N–H and O–H groups in total.